The number of hydrogen-bond acceptors (Lipinski definition) is 3. The average molecular weight is 234 g/mol. The van der Waals surface area contributed by atoms with E-state index in [1.165, 1.54) is 11.3 Å². The lowest BCUT2D eigenvalue weighted by molar-refractivity contribution is 0.230. The normalized spacial score (nSPS) is 17.8. The van der Waals surface area contributed by atoms with Crippen LogP contribution in [0, 0.1) is 0 Å². The van der Waals surface area contributed by atoms with Crippen molar-refractivity contribution in [2.24, 2.45) is 5.73 Å². The summed E-state index contributed by atoms with van der Waals surface area (Å²) in [5.41, 5.74) is 6.89. The zero-order chi connectivity index (χ0) is 10.8. The molecule has 14 heavy (non-hydrogen) atoms. The number of nitrogens with two attached hydrogens (primary N) is 1. The predicted octanol–water partition coefficient (Wildman–Crippen LogP) is 2.39. The molecule has 80 valence electrons. The number of aliphatic hydroxyl groups is 1. The minimum absolute atomic E-state index is 0.000293. The second-order valence-electron chi connectivity index (χ2n) is 3.82. The second kappa shape index (κ2) is 4.62. The number of rotatable bonds is 4. The summed E-state index contributed by atoms with van der Waals surface area (Å²) in [5, 5.41) is 11.0. The van der Waals surface area contributed by atoms with Crippen LogP contribution in [0.25, 0.3) is 0 Å². The molecule has 0 aliphatic carbocycles. The van der Waals surface area contributed by atoms with Crippen molar-refractivity contribution in [3.05, 3.63) is 21.3 Å². The van der Waals surface area contributed by atoms with E-state index in [1.807, 2.05) is 18.4 Å². The summed E-state index contributed by atoms with van der Waals surface area (Å²) in [7, 11) is 0. The molecule has 1 heterocycles. The Hall–Kier alpha value is -0.0900. The average Bonchev–Trinajstić information content (AvgIpc) is 2.52. The van der Waals surface area contributed by atoms with Crippen molar-refractivity contribution in [2.75, 3.05) is 6.61 Å². The van der Waals surface area contributed by atoms with Crippen molar-refractivity contribution in [2.45, 2.75) is 31.7 Å². The number of thiophene rings is 1. The van der Waals surface area contributed by atoms with Crippen LogP contribution in [0.2, 0.25) is 4.34 Å². The van der Waals surface area contributed by atoms with Gasteiger partial charge < -0.3 is 10.8 Å². The maximum absolute atomic E-state index is 9.03. The molecule has 0 saturated heterocycles. The predicted molar refractivity (Wildman–Crippen MR) is 62.0 cm³/mol. The number of aliphatic hydroxyl groups excluding tert-OH is 1. The molecule has 1 aromatic heterocycles. The molecule has 1 rings (SSSR count). The first-order chi connectivity index (χ1) is 6.50. The highest BCUT2D eigenvalue weighted by molar-refractivity contribution is 7.14. The lowest BCUT2D eigenvalue weighted by Crippen LogP contribution is -2.41. The van der Waals surface area contributed by atoms with Crippen LogP contribution < -0.4 is 5.73 Å². The Kier molecular flexibility index (Phi) is 3.95. The summed E-state index contributed by atoms with van der Waals surface area (Å²) in [5.74, 6) is 0. The Bertz CT molecular complexity index is 300. The van der Waals surface area contributed by atoms with E-state index in [0.717, 1.165) is 9.90 Å². The molecule has 0 aromatic carbocycles. The molecule has 0 aliphatic heterocycles. The molecular formula is C10H16ClNOS. The first-order valence-corrected chi connectivity index (χ1v) is 5.87. The maximum Gasteiger partial charge on any atom is 0.0931 e. The van der Waals surface area contributed by atoms with Gasteiger partial charge >= 0.3 is 0 Å². The molecule has 2 unspecified atom stereocenters. The molecule has 0 amide bonds. The molecule has 0 radical (unpaired) electrons. The quantitative estimate of drug-likeness (QED) is 0.839. The van der Waals surface area contributed by atoms with Gasteiger partial charge in [-0.2, -0.15) is 0 Å². The highest BCUT2D eigenvalue weighted by Crippen LogP contribution is 2.34. The van der Waals surface area contributed by atoms with E-state index in [4.69, 9.17) is 22.4 Å². The zero-order valence-electron chi connectivity index (χ0n) is 8.46. The Morgan fingerprint density at radius 1 is 1.71 bits per heavy atom. The fourth-order valence-electron chi connectivity index (χ4n) is 1.48. The van der Waals surface area contributed by atoms with Crippen molar-refractivity contribution in [1.29, 1.82) is 0 Å². The van der Waals surface area contributed by atoms with Gasteiger partial charge in [0.1, 0.15) is 0 Å². The number of hydrogen-bond donors (Lipinski definition) is 2. The van der Waals surface area contributed by atoms with Gasteiger partial charge in [-0.25, -0.2) is 0 Å². The summed E-state index contributed by atoms with van der Waals surface area (Å²) >= 11 is 7.39. The Morgan fingerprint density at radius 2 is 2.36 bits per heavy atom. The fourth-order valence-corrected chi connectivity index (χ4v) is 2.50. The summed E-state index contributed by atoms with van der Waals surface area (Å²) in [4.78, 5) is 0. The molecule has 0 spiro atoms. The van der Waals surface area contributed by atoms with Crippen LogP contribution in [0.4, 0.5) is 0 Å². The van der Waals surface area contributed by atoms with Crippen LogP contribution in [-0.4, -0.2) is 17.8 Å². The van der Waals surface area contributed by atoms with Gasteiger partial charge in [0.05, 0.1) is 4.34 Å². The molecule has 3 N–H and O–H groups in total. The van der Waals surface area contributed by atoms with Crippen LogP contribution in [-0.2, 0) is 5.41 Å². The molecule has 0 bridgehead atoms. The summed E-state index contributed by atoms with van der Waals surface area (Å²) in [6.07, 6.45) is 0.664. The monoisotopic (exact) mass is 233 g/mol. The van der Waals surface area contributed by atoms with Crippen LogP contribution in [0.1, 0.15) is 25.8 Å². The maximum atomic E-state index is 9.03. The van der Waals surface area contributed by atoms with Crippen LogP contribution >= 0.6 is 22.9 Å². The molecule has 4 heteroatoms. The Morgan fingerprint density at radius 3 is 2.71 bits per heavy atom. The SMILES string of the molecule is CC(N)C(C)(CCO)c1csc(Cl)c1. The van der Waals surface area contributed by atoms with Crippen molar-refractivity contribution >= 4 is 22.9 Å². The van der Waals surface area contributed by atoms with Crippen molar-refractivity contribution < 1.29 is 5.11 Å². The highest BCUT2D eigenvalue weighted by atomic mass is 35.5. The summed E-state index contributed by atoms with van der Waals surface area (Å²) in [6, 6.07) is 1.94. The van der Waals surface area contributed by atoms with Gasteiger partial charge in [-0.1, -0.05) is 18.5 Å². The standard InChI is InChI=1S/C10H16ClNOS/c1-7(12)10(2,3-4-13)8-5-9(11)14-6-8/h5-7,13H,3-4,12H2,1-2H3. The van der Waals surface area contributed by atoms with Gasteiger partial charge in [-0.15, -0.1) is 11.3 Å². The highest BCUT2D eigenvalue weighted by Gasteiger charge is 2.31. The second-order valence-corrected chi connectivity index (χ2v) is 5.36. The van der Waals surface area contributed by atoms with E-state index in [0.29, 0.717) is 6.42 Å². The fraction of sp³-hybridized carbons (Fsp3) is 0.600. The molecule has 0 saturated carbocycles. The van der Waals surface area contributed by atoms with Crippen molar-refractivity contribution in [1.82, 2.24) is 0 Å². The third-order valence-corrected chi connectivity index (χ3v) is 3.95. The first-order valence-electron chi connectivity index (χ1n) is 4.61. The van der Waals surface area contributed by atoms with Crippen LogP contribution in [0.5, 0.6) is 0 Å². The summed E-state index contributed by atoms with van der Waals surface area (Å²) in [6.45, 7) is 4.17. The topological polar surface area (TPSA) is 46.2 Å². The molecule has 1 aromatic rings. The van der Waals surface area contributed by atoms with Crippen LogP contribution in [0.3, 0.4) is 0 Å². The smallest absolute Gasteiger partial charge is 0.0931 e. The van der Waals surface area contributed by atoms with E-state index in [2.05, 4.69) is 6.92 Å². The minimum atomic E-state index is -0.182. The molecule has 2 atom stereocenters. The number of halogens is 1. The van der Waals surface area contributed by atoms with Gasteiger partial charge in [0, 0.05) is 18.1 Å². The lowest BCUT2D eigenvalue weighted by Gasteiger charge is -2.32. The van der Waals surface area contributed by atoms with Gasteiger partial charge in [0.2, 0.25) is 0 Å². The van der Waals surface area contributed by atoms with E-state index < -0.39 is 0 Å². The van der Waals surface area contributed by atoms with E-state index in [1.54, 1.807) is 0 Å². The minimum Gasteiger partial charge on any atom is -0.396 e. The Balaban J connectivity index is 2.98. The van der Waals surface area contributed by atoms with E-state index in [-0.39, 0.29) is 18.1 Å². The van der Waals surface area contributed by atoms with Gasteiger partial charge in [0.15, 0.2) is 0 Å². The first kappa shape index (κ1) is 12.0. The molecule has 2 nitrogen and oxygen atoms in total. The van der Waals surface area contributed by atoms with Crippen LogP contribution in [0.15, 0.2) is 11.4 Å². The zero-order valence-corrected chi connectivity index (χ0v) is 10.0. The van der Waals surface area contributed by atoms with Gasteiger partial charge in [-0.05, 0) is 30.4 Å². The molecular weight excluding hydrogens is 218 g/mol. The van der Waals surface area contributed by atoms with E-state index in [9.17, 15) is 0 Å². The molecule has 0 aliphatic rings. The largest absolute Gasteiger partial charge is 0.396 e. The van der Waals surface area contributed by atoms with Crippen molar-refractivity contribution in [3.63, 3.8) is 0 Å². The third-order valence-electron chi connectivity index (χ3n) is 2.86. The van der Waals surface area contributed by atoms with Gasteiger partial charge in [0.25, 0.3) is 0 Å². The lowest BCUT2D eigenvalue weighted by atomic mass is 9.76. The van der Waals surface area contributed by atoms with Crippen molar-refractivity contribution in [3.8, 4) is 0 Å². The van der Waals surface area contributed by atoms with E-state index >= 15 is 0 Å². The third kappa shape index (κ3) is 2.28. The molecule has 0 fully saturated rings. The van der Waals surface area contributed by atoms with Gasteiger partial charge in [-0.3, -0.25) is 0 Å². The Labute approximate surface area is 93.7 Å². The summed E-state index contributed by atoms with van der Waals surface area (Å²) < 4.78 is 0.768.